The van der Waals surface area contributed by atoms with Crippen molar-refractivity contribution in [3.8, 4) is 5.75 Å². The highest BCUT2D eigenvalue weighted by Gasteiger charge is 2.23. The van der Waals surface area contributed by atoms with Crippen LogP contribution in [0.15, 0.2) is 30.3 Å². The Morgan fingerprint density at radius 3 is 2.59 bits per heavy atom. The highest BCUT2D eigenvalue weighted by Crippen LogP contribution is 2.32. The minimum atomic E-state index is 0.00917. The molecule has 5 nitrogen and oxygen atoms in total. The molecule has 1 aromatic heterocycles. The zero-order chi connectivity index (χ0) is 21.0. The highest BCUT2D eigenvalue weighted by atomic mass is 16.5. The third-order valence-electron chi connectivity index (χ3n) is 6.23. The van der Waals surface area contributed by atoms with E-state index in [4.69, 9.17) is 4.74 Å². The Kier molecular flexibility index (Phi) is 7.01. The maximum absolute atomic E-state index is 13.0. The normalized spacial score (nSPS) is 16.1. The molecule has 1 saturated carbocycles. The molecule has 0 bridgehead atoms. The predicted molar refractivity (Wildman–Crippen MR) is 118 cm³/mol. The molecule has 3 rings (SSSR count). The van der Waals surface area contributed by atoms with Gasteiger partial charge in [0.2, 0.25) is 0 Å². The van der Waals surface area contributed by atoms with Crippen LogP contribution in [0.2, 0.25) is 0 Å². The number of rotatable bonds is 7. The van der Waals surface area contributed by atoms with E-state index >= 15 is 0 Å². The summed E-state index contributed by atoms with van der Waals surface area (Å²) in [5, 5.41) is 3.17. The molecule has 0 saturated heterocycles. The molecule has 29 heavy (non-hydrogen) atoms. The van der Waals surface area contributed by atoms with Gasteiger partial charge in [-0.3, -0.25) is 4.79 Å². The van der Waals surface area contributed by atoms with Gasteiger partial charge in [0.05, 0.1) is 18.7 Å². The van der Waals surface area contributed by atoms with Crippen molar-refractivity contribution in [1.29, 1.82) is 0 Å². The van der Waals surface area contributed by atoms with Crippen LogP contribution in [0.3, 0.4) is 0 Å². The number of benzene rings is 1. The lowest BCUT2D eigenvalue weighted by molar-refractivity contribution is 0.0941. The Labute approximate surface area is 175 Å². The van der Waals surface area contributed by atoms with Crippen molar-refractivity contribution < 1.29 is 9.53 Å². The number of hydrogen-bond acceptors (Lipinski definition) is 3. The fourth-order valence-corrected chi connectivity index (χ4v) is 4.64. The van der Waals surface area contributed by atoms with Crippen molar-refractivity contribution in [1.82, 2.24) is 14.8 Å². The number of carbonyl (C=O) groups is 1. The number of ether oxygens (including phenoxy) is 1. The standard InChI is InChI=1S/C24H35N3O2/c1-17-14-22(18(2)27(17)20-11-7-6-8-12-20)24(28)25-16-23(26(3)4)19-10-9-13-21(15-19)29-5/h9-10,13-15,20,23H,6-8,11-12,16H2,1-5H3,(H,25,28). The number of nitrogens with one attached hydrogen (secondary N) is 1. The molecule has 1 heterocycles. The van der Waals surface area contributed by atoms with Gasteiger partial charge in [0.15, 0.2) is 0 Å². The van der Waals surface area contributed by atoms with Gasteiger partial charge in [0.25, 0.3) is 5.91 Å². The van der Waals surface area contributed by atoms with E-state index in [0.29, 0.717) is 12.6 Å². The number of methoxy groups -OCH3 is 1. The monoisotopic (exact) mass is 397 g/mol. The lowest BCUT2D eigenvalue weighted by Gasteiger charge is -2.27. The molecule has 1 atom stereocenters. The van der Waals surface area contributed by atoms with E-state index in [1.54, 1.807) is 7.11 Å². The summed E-state index contributed by atoms with van der Waals surface area (Å²) in [5.41, 5.74) is 4.21. The van der Waals surface area contributed by atoms with Gasteiger partial charge < -0.3 is 19.5 Å². The molecule has 1 amide bonds. The van der Waals surface area contributed by atoms with Gasteiger partial charge in [0.1, 0.15) is 5.75 Å². The number of aromatic nitrogens is 1. The molecule has 1 unspecified atom stereocenters. The second kappa shape index (κ2) is 9.49. The van der Waals surface area contributed by atoms with E-state index in [1.165, 1.54) is 37.8 Å². The Bertz CT molecular complexity index is 835. The van der Waals surface area contributed by atoms with E-state index in [9.17, 15) is 4.79 Å². The van der Waals surface area contributed by atoms with Crippen LogP contribution in [0.4, 0.5) is 0 Å². The summed E-state index contributed by atoms with van der Waals surface area (Å²) in [6.07, 6.45) is 6.34. The van der Waals surface area contributed by atoms with Gasteiger partial charge in [-0.05, 0) is 64.5 Å². The second-order valence-corrected chi connectivity index (χ2v) is 8.41. The van der Waals surface area contributed by atoms with Crippen LogP contribution in [-0.4, -0.2) is 43.1 Å². The second-order valence-electron chi connectivity index (χ2n) is 8.41. The largest absolute Gasteiger partial charge is 0.497 e. The van der Waals surface area contributed by atoms with Crippen LogP contribution in [0.1, 0.15) is 71.5 Å². The van der Waals surface area contributed by atoms with Crippen LogP contribution in [0.25, 0.3) is 0 Å². The van der Waals surface area contributed by atoms with Crippen molar-refractivity contribution in [2.24, 2.45) is 0 Å². The van der Waals surface area contributed by atoms with Crippen LogP contribution in [0.5, 0.6) is 5.75 Å². The maximum Gasteiger partial charge on any atom is 0.253 e. The smallest absolute Gasteiger partial charge is 0.253 e. The van der Waals surface area contributed by atoms with Crippen LogP contribution < -0.4 is 10.1 Å². The summed E-state index contributed by atoms with van der Waals surface area (Å²) in [6, 6.07) is 10.7. The molecule has 1 aromatic carbocycles. The zero-order valence-electron chi connectivity index (χ0n) is 18.5. The van der Waals surface area contributed by atoms with Crippen molar-refractivity contribution in [3.63, 3.8) is 0 Å². The number of hydrogen-bond donors (Lipinski definition) is 1. The van der Waals surface area contributed by atoms with Crippen molar-refractivity contribution in [2.45, 2.75) is 58.0 Å². The lowest BCUT2D eigenvalue weighted by atomic mass is 9.95. The summed E-state index contributed by atoms with van der Waals surface area (Å²) in [6.45, 7) is 4.76. The van der Waals surface area contributed by atoms with Gasteiger partial charge in [-0.15, -0.1) is 0 Å². The summed E-state index contributed by atoms with van der Waals surface area (Å²) < 4.78 is 7.75. The minimum Gasteiger partial charge on any atom is -0.497 e. The Morgan fingerprint density at radius 1 is 1.21 bits per heavy atom. The van der Waals surface area contributed by atoms with Gasteiger partial charge in [-0.25, -0.2) is 0 Å². The molecule has 2 aromatic rings. The van der Waals surface area contributed by atoms with Gasteiger partial charge in [0, 0.05) is 24.0 Å². The first-order chi connectivity index (χ1) is 13.9. The molecule has 158 valence electrons. The number of nitrogens with zero attached hydrogens (tertiary/aromatic N) is 2. The number of carbonyl (C=O) groups excluding carboxylic acids is 1. The van der Waals surface area contributed by atoms with Gasteiger partial charge in [-0.1, -0.05) is 31.4 Å². The predicted octanol–water partition coefficient (Wildman–Crippen LogP) is 4.65. The van der Waals surface area contributed by atoms with Gasteiger partial charge >= 0.3 is 0 Å². The van der Waals surface area contributed by atoms with E-state index < -0.39 is 0 Å². The Hall–Kier alpha value is -2.27. The van der Waals surface area contributed by atoms with Crippen molar-refractivity contribution in [2.75, 3.05) is 27.7 Å². The zero-order valence-corrected chi connectivity index (χ0v) is 18.5. The molecule has 1 aliphatic carbocycles. The van der Waals surface area contributed by atoms with E-state index in [2.05, 4.69) is 40.8 Å². The summed E-state index contributed by atoms with van der Waals surface area (Å²) in [7, 11) is 5.74. The first-order valence-corrected chi connectivity index (χ1v) is 10.7. The van der Waals surface area contributed by atoms with Crippen LogP contribution >= 0.6 is 0 Å². The molecular weight excluding hydrogens is 362 g/mol. The summed E-state index contributed by atoms with van der Waals surface area (Å²) in [4.78, 5) is 15.2. The van der Waals surface area contributed by atoms with Crippen LogP contribution in [0, 0.1) is 13.8 Å². The quantitative estimate of drug-likeness (QED) is 0.740. The van der Waals surface area contributed by atoms with E-state index in [0.717, 1.165) is 22.6 Å². The van der Waals surface area contributed by atoms with Crippen LogP contribution in [-0.2, 0) is 0 Å². The van der Waals surface area contributed by atoms with E-state index in [-0.39, 0.29) is 11.9 Å². The molecule has 1 aliphatic rings. The lowest BCUT2D eigenvalue weighted by Crippen LogP contribution is -2.34. The van der Waals surface area contributed by atoms with Gasteiger partial charge in [-0.2, -0.15) is 0 Å². The first kappa shape index (κ1) is 21.4. The first-order valence-electron chi connectivity index (χ1n) is 10.7. The third kappa shape index (κ3) is 4.84. The van der Waals surface area contributed by atoms with Crippen molar-refractivity contribution in [3.05, 3.63) is 52.8 Å². The number of likely N-dealkylation sites (N-methyl/N-ethyl adjacent to an activating group) is 1. The Morgan fingerprint density at radius 2 is 1.93 bits per heavy atom. The maximum atomic E-state index is 13.0. The molecule has 0 spiro atoms. The fourth-order valence-electron chi connectivity index (χ4n) is 4.64. The van der Waals surface area contributed by atoms with E-state index in [1.807, 2.05) is 32.3 Å². The molecule has 0 aliphatic heterocycles. The topological polar surface area (TPSA) is 46.5 Å². The highest BCUT2D eigenvalue weighted by molar-refractivity contribution is 5.95. The summed E-state index contributed by atoms with van der Waals surface area (Å²) in [5.74, 6) is 0.839. The molecule has 1 fully saturated rings. The number of aryl methyl sites for hydroxylation is 1. The fraction of sp³-hybridized carbons (Fsp3) is 0.542. The SMILES string of the molecule is COc1cccc(C(CNC(=O)c2cc(C)n(C3CCCCC3)c2C)N(C)C)c1. The minimum absolute atomic E-state index is 0.00917. The third-order valence-corrected chi connectivity index (χ3v) is 6.23. The number of amides is 1. The Balaban J connectivity index is 1.73. The molecule has 1 N–H and O–H groups in total. The summed E-state index contributed by atoms with van der Waals surface area (Å²) >= 11 is 0. The molecular formula is C24H35N3O2. The molecule has 0 radical (unpaired) electrons. The average molecular weight is 398 g/mol. The van der Waals surface area contributed by atoms with Crippen molar-refractivity contribution >= 4 is 5.91 Å². The average Bonchev–Trinajstić information content (AvgIpc) is 3.02. The molecule has 5 heteroatoms.